The fraction of sp³-hybridized carbons (Fsp3) is 0.462. The number of nitrogens with zero attached hydrogens (tertiary/aromatic N) is 2. The molecule has 2 aromatic rings. The maximum atomic E-state index is 6.05. The average molecular weight is 235 g/mol. The summed E-state index contributed by atoms with van der Waals surface area (Å²) in [5.41, 5.74) is 2.26. The number of fused-ring (bicyclic) bond motifs is 1. The monoisotopic (exact) mass is 234 g/mol. The van der Waals surface area contributed by atoms with Crippen LogP contribution < -0.4 is 0 Å². The van der Waals surface area contributed by atoms with E-state index < -0.39 is 0 Å². The Kier molecular flexibility index (Phi) is 2.40. The molecule has 3 rings (SSSR count). The van der Waals surface area contributed by atoms with Gasteiger partial charge in [-0.25, -0.2) is 4.98 Å². The first kappa shape index (κ1) is 10.2. The third-order valence-electron chi connectivity index (χ3n) is 3.24. The summed E-state index contributed by atoms with van der Waals surface area (Å²) < 4.78 is 2.35. The fourth-order valence-electron chi connectivity index (χ4n) is 2.18. The van der Waals surface area contributed by atoms with Crippen LogP contribution in [0.3, 0.4) is 0 Å². The van der Waals surface area contributed by atoms with E-state index >= 15 is 0 Å². The Labute approximate surface area is 100 Å². The lowest BCUT2D eigenvalue weighted by Gasteiger charge is -2.06. The number of imidazole rings is 1. The molecule has 16 heavy (non-hydrogen) atoms. The molecule has 0 radical (unpaired) electrons. The van der Waals surface area contributed by atoms with Crippen LogP contribution in [0.25, 0.3) is 11.0 Å². The van der Waals surface area contributed by atoms with Crippen molar-refractivity contribution in [3.05, 3.63) is 29.0 Å². The van der Waals surface area contributed by atoms with Gasteiger partial charge in [0.05, 0.1) is 11.0 Å². The van der Waals surface area contributed by atoms with Gasteiger partial charge >= 0.3 is 0 Å². The lowest BCUT2D eigenvalue weighted by Crippen LogP contribution is -2.04. The first-order valence-electron chi connectivity index (χ1n) is 5.92. The Morgan fingerprint density at radius 2 is 2.25 bits per heavy atom. The molecule has 2 nitrogen and oxygen atoms in total. The summed E-state index contributed by atoms with van der Waals surface area (Å²) in [5.74, 6) is 2.05. The second-order valence-corrected chi connectivity index (χ2v) is 5.01. The topological polar surface area (TPSA) is 17.8 Å². The zero-order valence-electron chi connectivity index (χ0n) is 9.41. The maximum Gasteiger partial charge on any atom is 0.109 e. The third kappa shape index (κ3) is 1.71. The highest BCUT2D eigenvalue weighted by atomic mass is 35.5. The van der Waals surface area contributed by atoms with E-state index in [1.54, 1.807) is 0 Å². The van der Waals surface area contributed by atoms with Crippen LogP contribution in [-0.4, -0.2) is 9.55 Å². The molecular weight excluding hydrogens is 220 g/mol. The summed E-state index contributed by atoms with van der Waals surface area (Å²) in [6.45, 7) is 3.27. The van der Waals surface area contributed by atoms with Gasteiger partial charge in [-0.05, 0) is 37.0 Å². The molecule has 1 aromatic carbocycles. The zero-order chi connectivity index (χ0) is 11.1. The predicted octanol–water partition coefficient (Wildman–Crippen LogP) is 3.66. The molecule has 1 aliphatic carbocycles. The van der Waals surface area contributed by atoms with Crippen molar-refractivity contribution in [3.8, 4) is 0 Å². The molecule has 0 bridgehead atoms. The largest absolute Gasteiger partial charge is 0.328 e. The molecule has 1 heterocycles. The van der Waals surface area contributed by atoms with Crippen LogP contribution in [-0.2, 0) is 13.0 Å². The first-order chi connectivity index (χ1) is 7.78. The number of hydrogen-bond donors (Lipinski definition) is 0. The van der Waals surface area contributed by atoms with Crippen molar-refractivity contribution in [2.45, 2.75) is 32.7 Å². The van der Waals surface area contributed by atoms with Crippen molar-refractivity contribution in [2.24, 2.45) is 5.92 Å². The molecule has 0 amide bonds. The Morgan fingerprint density at radius 3 is 2.94 bits per heavy atom. The van der Waals surface area contributed by atoms with Gasteiger partial charge in [-0.2, -0.15) is 0 Å². The number of benzene rings is 1. The van der Waals surface area contributed by atoms with Crippen molar-refractivity contribution in [1.29, 1.82) is 0 Å². The molecule has 1 saturated carbocycles. The van der Waals surface area contributed by atoms with E-state index in [-0.39, 0.29) is 0 Å². The van der Waals surface area contributed by atoms with E-state index in [4.69, 9.17) is 11.6 Å². The molecule has 0 aliphatic heterocycles. The lowest BCUT2D eigenvalue weighted by molar-refractivity contribution is 0.614. The van der Waals surface area contributed by atoms with Gasteiger partial charge in [-0.3, -0.25) is 0 Å². The minimum atomic E-state index is 0.798. The second-order valence-electron chi connectivity index (χ2n) is 4.57. The maximum absolute atomic E-state index is 6.05. The summed E-state index contributed by atoms with van der Waals surface area (Å²) in [7, 11) is 0. The van der Waals surface area contributed by atoms with Gasteiger partial charge in [0.2, 0.25) is 0 Å². The molecule has 1 fully saturated rings. The number of rotatable bonds is 3. The van der Waals surface area contributed by atoms with Gasteiger partial charge in [0.15, 0.2) is 0 Å². The standard InChI is InChI=1S/C13H15ClN2/c1-2-13-15-11-6-5-10(14)7-12(11)16(13)8-9-3-4-9/h5-7,9H,2-4,8H2,1H3. The van der Waals surface area contributed by atoms with Gasteiger partial charge in [0.25, 0.3) is 0 Å². The van der Waals surface area contributed by atoms with Crippen molar-refractivity contribution in [2.75, 3.05) is 0 Å². The normalized spacial score (nSPS) is 15.9. The van der Waals surface area contributed by atoms with E-state index in [1.807, 2.05) is 18.2 Å². The van der Waals surface area contributed by atoms with Gasteiger partial charge in [-0.15, -0.1) is 0 Å². The Bertz CT molecular complexity index is 526. The molecule has 0 unspecified atom stereocenters. The molecule has 0 saturated heterocycles. The molecule has 0 N–H and O–H groups in total. The Morgan fingerprint density at radius 1 is 1.44 bits per heavy atom. The van der Waals surface area contributed by atoms with Crippen LogP contribution in [0.2, 0.25) is 5.02 Å². The van der Waals surface area contributed by atoms with Crippen LogP contribution in [0.4, 0.5) is 0 Å². The van der Waals surface area contributed by atoms with Crippen molar-refractivity contribution in [1.82, 2.24) is 9.55 Å². The number of aromatic nitrogens is 2. The molecular formula is C13H15ClN2. The van der Waals surface area contributed by atoms with E-state index in [0.717, 1.165) is 29.4 Å². The van der Waals surface area contributed by atoms with Crippen LogP contribution in [0, 0.1) is 5.92 Å². The summed E-state index contributed by atoms with van der Waals surface area (Å²) in [6.07, 6.45) is 3.71. The summed E-state index contributed by atoms with van der Waals surface area (Å²) in [4.78, 5) is 4.66. The lowest BCUT2D eigenvalue weighted by atomic mass is 10.3. The summed E-state index contributed by atoms with van der Waals surface area (Å²) in [6, 6.07) is 5.96. The van der Waals surface area contributed by atoms with Crippen molar-refractivity contribution >= 4 is 22.6 Å². The molecule has 0 atom stereocenters. The molecule has 1 aromatic heterocycles. The molecule has 3 heteroatoms. The van der Waals surface area contributed by atoms with E-state index in [9.17, 15) is 0 Å². The van der Waals surface area contributed by atoms with Gasteiger partial charge in [0.1, 0.15) is 5.82 Å². The summed E-state index contributed by atoms with van der Waals surface area (Å²) >= 11 is 6.05. The number of hydrogen-bond acceptors (Lipinski definition) is 1. The second kappa shape index (κ2) is 3.77. The quantitative estimate of drug-likeness (QED) is 0.793. The SMILES string of the molecule is CCc1nc2ccc(Cl)cc2n1CC1CC1. The average Bonchev–Trinajstić information content (AvgIpc) is 3.02. The summed E-state index contributed by atoms with van der Waals surface area (Å²) in [5, 5.41) is 0.798. The van der Waals surface area contributed by atoms with Crippen molar-refractivity contribution < 1.29 is 0 Å². The van der Waals surface area contributed by atoms with Gasteiger partial charge in [-0.1, -0.05) is 18.5 Å². The van der Waals surface area contributed by atoms with E-state index in [2.05, 4.69) is 16.5 Å². The first-order valence-corrected chi connectivity index (χ1v) is 6.30. The molecule has 0 spiro atoms. The van der Waals surface area contributed by atoms with Gasteiger partial charge < -0.3 is 4.57 Å². The van der Waals surface area contributed by atoms with Crippen LogP contribution in [0.15, 0.2) is 18.2 Å². The number of halogens is 1. The van der Waals surface area contributed by atoms with Crippen molar-refractivity contribution in [3.63, 3.8) is 0 Å². The number of aryl methyl sites for hydroxylation is 1. The highest BCUT2D eigenvalue weighted by Gasteiger charge is 2.23. The highest BCUT2D eigenvalue weighted by Crippen LogP contribution is 2.33. The predicted molar refractivity (Wildman–Crippen MR) is 66.8 cm³/mol. The van der Waals surface area contributed by atoms with Crippen LogP contribution in [0.1, 0.15) is 25.6 Å². The van der Waals surface area contributed by atoms with Crippen LogP contribution in [0.5, 0.6) is 0 Å². The highest BCUT2D eigenvalue weighted by molar-refractivity contribution is 6.31. The molecule has 1 aliphatic rings. The Hall–Kier alpha value is -1.02. The third-order valence-corrected chi connectivity index (χ3v) is 3.48. The minimum Gasteiger partial charge on any atom is -0.328 e. The fourth-order valence-corrected chi connectivity index (χ4v) is 2.34. The van der Waals surface area contributed by atoms with Crippen LogP contribution >= 0.6 is 11.6 Å². The smallest absolute Gasteiger partial charge is 0.109 e. The van der Waals surface area contributed by atoms with E-state index in [0.29, 0.717) is 0 Å². The van der Waals surface area contributed by atoms with Gasteiger partial charge in [0, 0.05) is 18.0 Å². The minimum absolute atomic E-state index is 0.798. The van der Waals surface area contributed by atoms with E-state index in [1.165, 1.54) is 24.2 Å². The zero-order valence-corrected chi connectivity index (χ0v) is 10.2. The molecule has 84 valence electrons. The Balaban J connectivity index is 2.15.